The van der Waals surface area contributed by atoms with Crippen LogP contribution in [-0.2, 0) is 14.6 Å². The lowest BCUT2D eigenvalue weighted by atomic mass is 10.2. The maximum Gasteiger partial charge on any atom is 0.219 e. The zero-order chi connectivity index (χ0) is 12.9. The molecule has 1 aliphatic heterocycles. The van der Waals surface area contributed by atoms with E-state index in [4.69, 9.17) is 0 Å². The summed E-state index contributed by atoms with van der Waals surface area (Å²) in [4.78, 5) is 11.3. The first-order chi connectivity index (χ1) is 7.98. The highest BCUT2D eigenvalue weighted by atomic mass is 32.2. The van der Waals surface area contributed by atoms with Crippen molar-refractivity contribution in [1.82, 2.24) is 5.32 Å². The molecule has 1 aliphatic rings. The van der Waals surface area contributed by atoms with Gasteiger partial charge in [0.05, 0.1) is 17.5 Å². The van der Waals surface area contributed by atoms with Crippen LogP contribution in [0, 0.1) is 0 Å². The van der Waals surface area contributed by atoms with Gasteiger partial charge in [0.25, 0.3) is 0 Å². The molecule has 1 saturated heterocycles. The summed E-state index contributed by atoms with van der Waals surface area (Å²) < 4.78 is 23.2. The van der Waals surface area contributed by atoms with E-state index in [0.717, 1.165) is 18.6 Å². The number of carbonyl (C=O) groups is 1. The highest BCUT2D eigenvalue weighted by molar-refractivity contribution is 8.01. The van der Waals surface area contributed by atoms with Crippen molar-refractivity contribution < 1.29 is 13.2 Å². The molecule has 0 aromatic carbocycles. The third-order valence-electron chi connectivity index (χ3n) is 2.80. The summed E-state index contributed by atoms with van der Waals surface area (Å²) in [5.41, 5.74) is 0. The van der Waals surface area contributed by atoms with Gasteiger partial charge in [0, 0.05) is 11.7 Å². The van der Waals surface area contributed by atoms with Crippen LogP contribution in [0.5, 0.6) is 0 Å². The molecule has 0 spiro atoms. The van der Waals surface area contributed by atoms with E-state index in [1.165, 1.54) is 0 Å². The summed E-state index contributed by atoms with van der Waals surface area (Å²) >= 11 is 1.68. The number of nitrogens with one attached hydrogen (secondary N) is 1. The molecular formula is C11H21NO3S2. The number of hydrogen-bond acceptors (Lipinski definition) is 4. The fourth-order valence-electron chi connectivity index (χ4n) is 1.80. The number of rotatable bonds is 6. The fraction of sp³-hybridized carbons (Fsp3) is 0.909. The van der Waals surface area contributed by atoms with Gasteiger partial charge in [-0.2, -0.15) is 11.8 Å². The fourth-order valence-corrected chi connectivity index (χ4v) is 5.82. The van der Waals surface area contributed by atoms with E-state index in [9.17, 15) is 13.2 Å². The molecule has 1 rings (SSSR count). The molecule has 0 saturated carbocycles. The van der Waals surface area contributed by atoms with Gasteiger partial charge in [0.2, 0.25) is 5.91 Å². The lowest BCUT2D eigenvalue weighted by molar-refractivity contribution is -0.121. The summed E-state index contributed by atoms with van der Waals surface area (Å²) in [6, 6.07) is -0.200. The average molecular weight is 279 g/mol. The van der Waals surface area contributed by atoms with Gasteiger partial charge in [0.15, 0.2) is 9.84 Å². The predicted octanol–water partition coefficient (Wildman–Crippen LogP) is 1.21. The molecule has 1 amide bonds. The Morgan fingerprint density at radius 2 is 2.06 bits per heavy atom. The SMILES string of the molecule is CCCCS[C@@H]1CS(=O)(=O)C[C@@H]1NC(=O)CC. The van der Waals surface area contributed by atoms with E-state index in [1.807, 2.05) is 0 Å². The minimum atomic E-state index is -2.97. The van der Waals surface area contributed by atoms with E-state index in [1.54, 1.807) is 18.7 Å². The Morgan fingerprint density at radius 1 is 1.35 bits per heavy atom. The van der Waals surface area contributed by atoms with Crippen LogP contribution in [0.4, 0.5) is 0 Å². The maximum absolute atomic E-state index is 11.6. The van der Waals surface area contributed by atoms with Crippen molar-refractivity contribution in [3.8, 4) is 0 Å². The summed E-state index contributed by atoms with van der Waals surface area (Å²) in [5, 5.41) is 2.85. The summed E-state index contributed by atoms with van der Waals surface area (Å²) in [7, 11) is -2.97. The third-order valence-corrected chi connectivity index (χ3v) is 6.19. The number of thioether (sulfide) groups is 1. The van der Waals surface area contributed by atoms with Crippen LogP contribution in [0.3, 0.4) is 0 Å². The first-order valence-corrected chi connectivity index (χ1v) is 8.97. The molecule has 1 N–H and O–H groups in total. The topological polar surface area (TPSA) is 63.2 Å². The Morgan fingerprint density at radius 3 is 2.65 bits per heavy atom. The van der Waals surface area contributed by atoms with Crippen LogP contribution in [0.15, 0.2) is 0 Å². The lowest BCUT2D eigenvalue weighted by Crippen LogP contribution is -2.41. The van der Waals surface area contributed by atoms with Crippen molar-refractivity contribution in [2.75, 3.05) is 17.3 Å². The third kappa shape index (κ3) is 4.87. The molecular weight excluding hydrogens is 258 g/mol. The van der Waals surface area contributed by atoms with Crippen LogP contribution in [0.1, 0.15) is 33.1 Å². The Bertz CT molecular complexity index is 354. The Kier molecular flexibility index (Phi) is 5.79. The first kappa shape index (κ1) is 14.8. The molecule has 0 unspecified atom stereocenters. The molecule has 0 bridgehead atoms. The van der Waals surface area contributed by atoms with Crippen molar-refractivity contribution in [2.24, 2.45) is 0 Å². The smallest absolute Gasteiger partial charge is 0.219 e. The number of unbranched alkanes of at least 4 members (excludes halogenated alkanes) is 1. The van der Waals surface area contributed by atoms with Crippen molar-refractivity contribution in [3.63, 3.8) is 0 Å². The Labute approximate surface area is 108 Å². The molecule has 2 atom stereocenters. The summed E-state index contributed by atoms with van der Waals surface area (Å²) in [5.74, 6) is 1.21. The second kappa shape index (κ2) is 6.64. The van der Waals surface area contributed by atoms with Crippen LogP contribution in [0.25, 0.3) is 0 Å². The van der Waals surface area contributed by atoms with Gasteiger partial charge in [-0.25, -0.2) is 8.42 Å². The summed E-state index contributed by atoms with van der Waals surface area (Å²) in [6.07, 6.45) is 2.61. The van der Waals surface area contributed by atoms with Gasteiger partial charge in [0.1, 0.15) is 0 Å². The van der Waals surface area contributed by atoms with Gasteiger partial charge in [-0.1, -0.05) is 20.3 Å². The second-order valence-electron chi connectivity index (χ2n) is 4.37. The van der Waals surface area contributed by atoms with Crippen molar-refractivity contribution in [1.29, 1.82) is 0 Å². The van der Waals surface area contributed by atoms with E-state index in [2.05, 4.69) is 12.2 Å². The van der Waals surface area contributed by atoms with Gasteiger partial charge in [-0.15, -0.1) is 0 Å². The number of sulfone groups is 1. The molecule has 0 radical (unpaired) electrons. The van der Waals surface area contributed by atoms with Gasteiger partial charge in [-0.3, -0.25) is 4.79 Å². The average Bonchev–Trinajstić information content (AvgIpc) is 2.53. The quantitative estimate of drug-likeness (QED) is 0.742. The second-order valence-corrected chi connectivity index (χ2v) is 7.87. The molecule has 0 aliphatic carbocycles. The standard InChI is InChI=1S/C11H21NO3S2/c1-3-5-6-16-10-8-17(14,15)7-9(10)12-11(13)4-2/h9-10H,3-8H2,1-2H3,(H,12,13)/t9-,10+/m0/s1. The molecule has 1 fully saturated rings. The van der Waals surface area contributed by atoms with Crippen LogP contribution in [-0.4, -0.2) is 42.9 Å². The van der Waals surface area contributed by atoms with Gasteiger partial charge in [-0.05, 0) is 12.2 Å². The Hall–Kier alpha value is -0.230. The molecule has 4 nitrogen and oxygen atoms in total. The lowest BCUT2D eigenvalue weighted by Gasteiger charge is -2.18. The Balaban J connectivity index is 2.55. The predicted molar refractivity (Wildman–Crippen MR) is 72.0 cm³/mol. The van der Waals surface area contributed by atoms with E-state index >= 15 is 0 Å². The molecule has 0 aromatic rings. The minimum absolute atomic E-state index is 0.0297. The van der Waals surface area contributed by atoms with Crippen LogP contribution in [0.2, 0.25) is 0 Å². The van der Waals surface area contributed by atoms with Gasteiger partial charge < -0.3 is 5.32 Å². The first-order valence-electron chi connectivity index (χ1n) is 6.10. The van der Waals surface area contributed by atoms with Crippen molar-refractivity contribution in [2.45, 2.75) is 44.4 Å². The van der Waals surface area contributed by atoms with E-state index in [0.29, 0.717) is 6.42 Å². The zero-order valence-electron chi connectivity index (χ0n) is 10.4. The highest BCUT2D eigenvalue weighted by Crippen LogP contribution is 2.25. The monoisotopic (exact) mass is 279 g/mol. The molecule has 100 valence electrons. The van der Waals surface area contributed by atoms with Crippen LogP contribution >= 0.6 is 11.8 Å². The van der Waals surface area contributed by atoms with Crippen LogP contribution < -0.4 is 5.32 Å². The van der Waals surface area contributed by atoms with E-state index in [-0.39, 0.29) is 28.7 Å². The summed E-state index contributed by atoms with van der Waals surface area (Å²) in [6.45, 7) is 3.89. The number of carbonyl (C=O) groups excluding carboxylic acids is 1. The number of hydrogen-bond donors (Lipinski definition) is 1. The van der Waals surface area contributed by atoms with Crippen molar-refractivity contribution in [3.05, 3.63) is 0 Å². The normalized spacial score (nSPS) is 26.9. The van der Waals surface area contributed by atoms with Gasteiger partial charge >= 0.3 is 0 Å². The molecule has 6 heteroatoms. The zero-order valence-corrected chi connectivity index (χ0v) is 12.1. The maximum atomic E-state index is 11.6. The number of amides is 1. The highest BCUT2D eigenvalue weighted by Gasteiger charge is 2.38. The largest absolute Gasteiger partial charge is 0.351 e. The molecule has 17 heavy (non-hydrogen) atoms. The van der Waals surface area contributed by atoms with Crippen molar-refractivity contribution >= 4 is 27.5 Å². The molecule has 0 aromatic heterocycles. The molecule has 1 heterocycles. The minimum Gasteiger partial charge on any atom is -0.351 e. The van der Waals surface area contributed by atoms with E-state index < -0.39 is 9.84 Å².